The van der Waals surface area contributed by atoms with E-state index in [4.69, 9.17) is 20.9 Å². The zero-order valence-corrected chi connectivity index (χ0v) is 14.3. The minimum absolute atomic E-state index is 0.385. The van der Waals surface area contributed by atoms with E-state index in [0.717, 1.165) is 12.1 Å². The summed E-state index contributed by atoms with van der Waals surface area (Å²) in [6.45, 7) is 1.36. The van der Waals surface area contributed by atoms with Crippen LogP contribution in [0.2, 0.25) is 5.02 Å². The molecule has 24 heavy (non-hydrogen) atoms. The zero-order valence-electron chi connectivity index (χ0n) is 13.6. The third kappa shape index (κ3) is 3.93. The van der Waals surface area contributed by atoms with Crippen molar-refractivity contribution in [2.45, 2.75) is 0 Å². The number of aromatic nitrogens is 2. The molecule has 124 valence electrons. The lowest BCUT2D eigenvalue weighted by molar-refractivity contribution is 0.261. The minimum atomic E-state index is 0.385. The van der Waals surface area contributed by atoms with Crippen LogP contribution in [-0.2, 0) is 0 Å². The first-order valence-corrected chi connectivity index (χ1v) is 7.98. The summed E-state index contributed by atoms with van der Waals surface area (Å²) in [6, 6.07) is 15.0. The summed E-state index contributed by atoms with van der Waals surface area (Å²) in [5.74, 6) is 1.59. The highest BCUT2D eigenvalue weighted by Gasteiger charge is 2.16. The molecule has 0 spiro atoms. The molecule has 0 unspecified atom stereocenters. The summed E-state index contributed by atoms with van der Waals surface area (Å²) in [4.78, 5) is 6.52. The van der Waals surface area contributed by atoms with E-state index in [1.807, 2.05) is 50.5 Å². The minimum Gasteiger partial charge on any atom is -0.491 e. The van der Waals surface area contributed by atoms with E-state index in [0.29, 0.717) is 34.7 Å². The number of ether oxygens (including phenoxy) is 1. The molecule has 5 nitrogen and oxygen atoms in total. The van der Waals surface area contributed by atoms with Gasteiger partial charge in [0.25, 0.3) is 5.89 Å². The van der Waals surface area contributed by atoms with E-state index in [9.17, 15) is 0 Å². The van der Waals surface area contributed by atoms with Crippen LogP contribution in [0.1, 0.15) is 0 Å². The van der Waals surface area contributed by atoms with Gasteiger partial charge in [0.1, 0.15) is 12.4 Å². The fourth-order valence-electron chi connectivity index (χ4n) is 2.17. The molecule has 0 fully saturated rings. The standard InChI is InChI=1S/C18H18ClN3O2/c1-22(2)10-11-23-16-9-8-14(19)12-15(16)18-20-17(21-24-18)13-6-4-3-5-7-13/h3-9,12H,10-11H2,1-2H3. The van der Waals surface area contributed by atoms with Crippen molar-refractivity contribution < 1.29 is 9.26 Å². The number of hydrogen-bond donors (Lipinski definition) is 0. The molecule has 3 rings (SSSR count). The van der Waals surface area contributed by atoms with Crippen molar-refractivity contribution in [1.82, 2.24) is 15.0 Å². The van der Waals surface area contributed by atoms with Crippen LogP contribution in [-0.4, -0.2) is 42.3 Å². The lowest BCUT2D eigenvalue weighted by atomic mass is 10.2. The Bertz CT molecular complexity index is 803. The van der Waals surface area contributed by atoms with Crippen molar-refractivity contribution in [1.29, 1.82) is 0 Å². The number of nitrogens with zero attached hydrogens (tertiary/aromatic N) is 3. The number of halogens is 1. The second-order valence-corrected chi connectivity index (χ2v) is 6.02. The SMILES string of the molecule is CN(C)CCOc1ccc(Cl)cc1-c1nc(-c2ccccc2)no1. The first-order chi connectivity index (χ1) is 11.6. The van der Waals surface area contributed by atoms with E-state index in [-0.39, 0.29) is 0 Å². The predicted molar refractivity (Wildman–Crippen MR) is 94.2 cm³/mol. The first-order valence-electron chi connectivity index (χ1n) is 7.60. The molecule has 1 aromatic heterocycles. The predicted octanol–water partition coefficient (Wildman–Crippen LogP) is 4.00. The van der Waals surface area contributed by atoms with Gasteiger partial charge in [-0.15, -0.1) is 0 Å². The third-order valence-corrected chi connectivity index (χ3v) is 3.66. The Balaban J connectivity index is 1.88. The summed E-state index contributed by atoms with van der Waals surface area (Å²) >= 11 is 6.12. The molecule has 3 aromatic rings. The van der Waals surface area contributed by atoms with Crippen LogP contribution in [0.5, 0.6) is 5.75 Å². The second kappa shape index (κ2) is 7.47. The zero-order chi connectivity index (χ0) is 16.9. The van der Waals surface area contributed by atoms with Gasteiger partial charge in [-0.1, -0.05) is 47.1 Å². The maximum Gasteiger partial charge on any atom is 0.262 e. The van der Waals surface area contributed by atoms with E-state index in [1.54, 1.807) is 12.1 Å². The topological polar surface area (TPSA) is 51.4 Å². The summed E-state index contributed by atoms with van der Waals surface area (Å²) in [7, 11) is 3.99. The Hall–Kier alpha value is -2.37. The summed E-state index contributed by atoms with van der Waals surface area (Å²) in [5, 5.41) is 4.64. The number of likely N-dealkylation sites (N-methyl/N-ethyl adjacent to an activating group) is 1. The molecule has 0 radical (unpaired) electrons. The molecule has 0 bridgehead atoms. The van der Waals surface area contributed by atoms with Crippen molar-refractivity contribution in [2.24, 2.45) is 0 Å². The summed E-state index contributed by atoms with van der Waals surface area (Å²) in [5.41, 5.74) is 1.58. The van der Waals surface area contributed by atoms with Gasteiger partial charge in [0, 0.05) is 17.1 Å². The lowest BCUT2D eigenvalue weighted by Gasteiger charge is -2.12. The fraction of sp³-hybridized carbons (Fsp3) is 0.222. The first kappa shape index (κ1) is 16.5. The average Bonchev–Trinajstić information content (AvgIpc) is 3.06. The highest BCUT2D eigenvalue weighted by molar-refractivity contribution is 6.30. The van der Waals surface area contributed by atoms with Crippen LogP contribution in [0.3, 0.4) is 0 Å². The van der Waals surface area contributed by atoms with Gasteiger partial charge in [0.2, 0.25) is 5.82 Å². The van der Waals surface area contributed by atoms with Gasteiger partial charge >= 0.3 is 0 Å². The van der Waals surface area contributed by atoms with Crippen LogP contribution in [0.4, 0.5) is 0 Å². The van der Waals surface area contributed by atoms with Crippen LogP contribution < -0.4 is 4.74 Å². The van der Waals surface area contributed by atoms with Crippen LogP contribution >= 0.6 is 11.6 Å². The van der Waals surface area contributed by atoms with E-state index < -0.39 is 0 Å². The second-order valence-electron chi connectivity index (χ2n) is 5.58. The van der Waals surface area contributed by atoms with Gasteiger partial charge in [-0.05, 0) is 32.3 Å². The molecule has 2 aromatic carbocycles. The van der Waals surface area contributed by atoms with Crippen LogP contribution in [0.25, 0.3) is 22.8 Å². The molecule has 0 aliphatic rings. The van der Waals surface area contributed by atoms with E-state index in [1.165, 1.54) is 0 Å². The van der Waals surface area contributed by atoms with E-state index >= 15 is 0 Å². The number of hydrogen-bond acceptors (Lipinski definition) is 5. The molecule has 0 amide bonds. The Kier molecular flexibility index (Phi) is 5.13. The number of rotatable bonds is 6. The van der Waals surface area contributed by atoms with Gasteiger partial charge in [0.15, 0.2) is 0 Å². The number of benzene rings is 2. The third-order valence-electron chi connectivity index (χ3n) is 3.43. The van der Waals surface area contributed by atoms with Gasteiger partial charge in [-0.25, -0.2) is 0 Å². The van der Waals surface area contributed by atoms with Gasteiger partial charge in [-0.3, -0.25) is 0 Å². The van der Waals surface area contributed by atoms with Crippen molar-refractivity contribution in [3.8, 4) is 28.6 Å². The maximum atomic E-state index is 6.12. The molecule has 0 aliphatic heterocycles. The molecular formula is C18H18ClN3O2. The van der Waals surface area contributed by atoms with Gasteiger partial charge in [0.05, 0.1) is 5.56 Å². The highest BCUT2D eigenvalue weighted by atomic mass is 35.5. The van der Waals surface area contributed by atoms with Crippen molar-refractivity contribution >= 4 is 11.6 Å². The maximum absolute atomic E-state index is 6.12. The molecule has 0 atom stereocenters. The Morgan fingerprint density at radius 3 is 2.67 bits per heavy atom. The lowest BCUT2D eigenvalue weighted by Crippen LogP contribution is -2.19. The molecule has 0 aliphatic carbocycles. The highest BCUT2D eigenvalue weighted by Crippen LogP contribution is 2.32. The quantitative estimate of drug-likeness (QED) is 0.677. The molecule has 0 saturated carbocycles. The smallest absolute Gasteiger partial charge is 0.262 e. The normalized spacial score (nSPS) is 11.0. The van der Waals surface area contributed by atoms with Crippen LogP contribution in [0.15, 0.2) is 53.1 Å². The van der Waals surface area contributed by atoms with Crippen LogP contribution in [0, 0.1) is 0 Å². The Labute approximate surface area is 145 Å². The van der Waals surface area contributed by atoms with E-state index in [2.05, 4.69) is 15.0 Å². The molecule has 1 heterocycles. The van der Waals surface area contributed by atoms with Crippen molar-refractivity contribution in [3.63, 3.8) is 0 Å². The summed E-state index contributed by atoms with van der Waals surface area (Å²) in [6.07, 6.45) is 0. The Morgan fingerprint density at radius 2 is 1.92 bits per heavy atom. The molecular weight excluding hydrogens is 326 g/mol. The summed E-state index contributed by atoms with van der Waals surface area (Å²) < 4.78 is 11.3. The average molecular weight is 344 g/mol. The monoisotopic (exact) mass is 343 g/mol. The molecule has 6 heteroatoms. The molecule has 0 N–H and O–H groups in total. The molecule has 0 saturated heterocycles. The van der Waals surface area contributed by atoms with Crippen molar-refractivity contribution in [2.75, 3.05) is 27.2 Å². The fourth-order valence-corrected chi connectivity index (χ4v) is 2.34. The largest absolute Gasteiger partial charge is 0.491 e. The van der Waals surface area contributed by atoms with Gasteiger partial charge in [-0.2, -0.15) is 4.98 Å². The van der Waals surface area contributed by atoms with Gasteiger partial charge < -0.3 is 14.2 Å². The van der Waals surface area contributed by atoms with Crippen molar-refractivity contribution in [3.05, 3.63) is 53.6 Å². The Morgan fingerprint density at radius 1 is 1.12 bits per heavy atom.